The van der Waals surface area contributed by atoms with E-state index in [0.29, 0.717) is 22.0 Å². The summed E-state index contributed by atoms with van der Waals surface area (Å²) in [5, 5.41) is 10.8. The number of pyridine rings is 2. The van der Waals surface area contributed by atoms with E-state index >= 15 is 0 Å². The van der Waals surface area contributed by atoms with E-state index in [0.717, 1.165) is 10.9 Å². The first-order chi connectivity index (χ1) is 9.28. The number of aromatic nitrogens is 2. The van der Waals surface area contributed by atoms with Crippen molar-refractivity contribution in [3.8, 4) is 17.3 Å². The van der Waals surface area contributed by atoms with E-state index in [1.54, 1.807) is 18.3 Å². The largest absolute Gasteiger partial charge is 0.256 e. The molecule has 2 aromatic heterocycles. The van der Waals surface area contributed by atoms with Gasteiger partial charge in [-0.25, -0.2) is 4.98 Å². The van der Waals surface area contributed by atoms with Gasteiger partial charge in [-0.1, -0.05) is 29.8 Å². The summed E-state index contributed by atoms with van der Waals surface area (Å²) in [7, 11) is 0. The Morgan fingerprint density at radius 2 is 1.95 bits per heavy atom. The lowest BCUT2D eigenvalue weighted by molar-refractivity contribution is 1.27. The number of hydrogen-bond acceptors (Lipinski definition) is 3. The highest BCUT2D eigenvalue weighted by atomic mass is 35.5. The van der Waals surface area contributed by atoms with Gasteiger partial charge in [0.05, 0.1) is 11.2 Å². The zero-order valence-corrected chi connectivity index (χ0v) is 10.6. The van der Waals surface area contributed by atoms with Crippen LogP contribution >= 0.6 is 11.6 Å². The summed E-state index contributed by atoms with van der Waals surface area (Å²) in [6, 6.07) is 15.1. The number of fused-ring (bicyclic) bond motifs is 1. The minimum Gasteiger partial charge on any atom is -0.256 e. The molecule has 0 aliphatic rings. The summed E-state index contributed by atoms with van der Waals surface area (Å²) < 4.78 is 0. The predicted octanol–water partition coefficient (Wildman–Crippen LogP) is 3.82. The van der Waals surface area contributed by atoms with Crippen LogP contribution < -0.4 is 0 Å². The second kappa shape index (κ2) is 4.68. The van der Waals surface area contributed by atoms with E-state index in [2.05, 4.69) is 16.0 Å². The van der Waals surface area contributed by atoms with Crippen LogP contribution in [0, 0.1) is 11.3 Å². The molecule has 0 amide bonds. The van der Waals surface area contributed by atoms with Crippen molar-refractivity contribution in [3.63, 3.8) is 0 Å². The van der Waals surface area contributed by atoms with Crippen molar-refractivity contribution in [2.24, 2.45) is 0 Å². The standard InChI is InChI=1S/C15H8ClN3/c16-11-5-6-18-14(8-11)12-7-10-3-1-2-4-13(10)19-15(12)9-17/h1-8H. The fourth-order valence-corrected chi connectivity index (χ4v) is 2.11. The van der Waals surface area contributed by atoms with Gasteiger partial charge < -0.3 is 0 Å². The van der Waals surface area contributed by atoms with E-state index in [9.17, 15) is 5.26 Å². The van der Waals surface area contributed by atoms with Gasteiger partial charge in [-0.2, -0.15) is 5.26 Å². The number of nitriles is 1. The molecular formula is C15H8ClN3. The molecule has 2 heterocycles. The van der Waals surface area contributed by atoms with E-state index in [1.807, 2.05) is 30.3 Å². The Labute approximate surface area is 115 Å². The van der Waals surface area contributed by atoms with Gasteiger partial charge in [0.15, 0.2) is 5.69 Å². The van der Waals surface area contributed by atoms with Gasteiger partial charge in [0.2, 0.25) is 0 Å². The highest BCUT2D eigenvalue weighted by Crippen LogP contribution is 2.26. The molecule has 0 unspecified atom stereocenters. The molecule has 0 N–H and O–H groups in total. The molecule has 0 bridgehead atoms. The van der Waals surface area contributed by atoms with Crippen molar-refractivity contribution in [1.29, 1.82) is 5.26 Å². The lowest BCUT2D eigenvalue weighted by atomic mass is 10.1. The van der Waals surface area contributed by atoms with E-state index in [1.165, 1.54) is 0 Å². The van der Waals surface area contributed by atoms with Gasteiger partial charge in [-0.3, -0.25) is 4.98 Å². The van der Waals surface area contributed by atoms with Crippen molar-refractivity contribution in [2.45, 2.75) is 0 Å². The van der Waals surface area contributed by atoms with Crippen molar-refractivity contribution in [3.05, 3.63) is 59.4 Å². The quantitative estimate of drug-likeness (QED) is 0.672. The SMILES string of the molecule is N#Cc1nc2ccccc2cc1-c1cc(Cl)ccn1. The fraction of sp³-hybridized carbons (Fsp3) is 0. The number of benzene rings is 1. The first kappa shape index (κ1) is 11.6. The highest BCUT2D eigenvalue weighted by molar-refractivity contribution is 6.30. The third-order valence-corrected chi connectivity index (χ3v) is 3.06. The molecule has 0 radical (unpaired) electrons. The lowest BCUT2D eigenvalue weighted by Crippen LogP contribution is -1.92. The molecule has 0 atom stereocenters. The Morgan fingerprint density at radius 3 is 2.74 bits per heavy atom. The molecule has 0 fully saturated rings. The second-order valence-corrected chi connectivity index (χ2v) is 4.48. The maximum Gasteiger partial charge on any atom is 0.150 e. The first-order valence-electron chi connectivity index (χ1n) is 5.70. The normalized spacial score (nSPS) is 10.3. The molecule has 0 aliphatic heterocycles. The van der Waals surface area contributed by atoms with Crippen LogP contribution in [0.4, 0.5) is 0 Å². The van der Waals surface area contributed by atoms with Gasteiger partial charge in [0, 0.05) is 22.2 Å². The predicted molar refractivity (Wildman–Crippen MR) is 74.7 cm³/mol. The molecule has 3 nitrogen and oxygen atoms in total. The number of hydrogen-bond donors (Lipinski definition) is 0. The third kappa shape index (κ3) is 2.14. The topological polar surface area (TPSA) is 49.6 Å². The summed E-state index contributed by atoms with van der Waals surface area (Å²) in [5.41, 5.74) is 2.50. The Hall–Kier alpha value is -2.44. The van der Waals surface area contributed by atoms with Gasteiger partial charge in [-0.05, 0) is 24.3 Å². The minimum absolute atomic E-state index is 0.355. The van der Waals surface area contributed by atoms with Crippen molar-refractivity contribution in [2.75, 3.05) is 0 Å². The lowest BCUT2D eigenvalue weighted by Gasteiger charge is -2.05. The van der Waals surface area contributed by atoms with Crippen LogP contribution in [-0.2, 0) is 0 Å². The van der Waals surface area contributed by atoms with E-state index in [-0.39, 0.29) is 0 Å². The molecule has 3 aromatic rings. The maximum absolute atomic E-state index is 9.24. The molecule has 0 saturated heterocycles. The van der Waals surface area contributed by atoms with Gasteiger partial charge in [0.1, 0.15) is 6.07 Å². The van der Waals surface area contributed by atoms with Crippen molar-refractivity contribution >= 4 is 22.5 Å². The van der Waals surface area contributed by atoms with Crippen LogP contribution in [0.5, 0.6) is 0 Å². The zero-order valence-electron chi connectivity index (χ0n) is 9.84. The van der Waals surface area contributed by atoms with Gasteiger partial charge >= 0.3 is 0 Å². The average molecular weight is 266 g/mol. The fourth-order valence-electron chi connectivity index (χ4n) is 1.95. The summed E-state index contributed by atoms with van der Waals surface area (Å²) in [6.07, 6.45) is 1.62. The molecule has 0 saturated carbocycles. The summed E-state index contributed by atoms with van der Waals surface area (Å²) in [4.78, 5) is 8.61. The van der Waals surface area contributed by atoms with Crippen LogP contribution in [0.25, 0.3) is 22.2 Å². The Bertz CT molecular complexity index is 806. The molecule has 0 spiro atoms. The molecule has 19 heavy (non-hydrogen) atoms. The number of para-hydroxylation sites is 1. The van der Waals surface area contributed by atoms with E-state index < -0.39 is 0 Å². The van der Waals surface area contributed by atoms with Gasteiger partial charge in [-0.15, -0.1) is 0 Å². The van der Waals surface area contributed by atoms with Crippen LogP contribution in [0.1, 0.15) is 5.69 Å². The highest BCUT2D eigenvalue weighted by Gasteiger charge is 2.10. The molecule has 0 aliphatic carbocycles. The number of nitrogens with zero attached hydrogens (tertiary/aromatic N) is 3. The molecular weight excluding hydrogens is 258 g/mol. The smallest absolute Gasteiger partial charge is 0.150 e. The molecule has 90 valence electrons. The first-order valence-corrected chi connectivity index (χ1v) is 6.07. The monoisotopic (exact) mass is 265 g/mol. The van der Waals surface area contributed by atoms with Crippen molar-refractivity contribution < 1.29 is 0 Å². The molecule has 3 rings (SSSR count). The summed E-state index contributed by atoms with van der Waals surface area (Å²) in [5.74, 6) is 0. The summed E-state index contributed by atoms with van der Waals surface area (Å²) >= 11 is 5.97. The molecule has 4 heteroatoms. The Morgan fingerprint density at radius 1 is 1.11 bits per heavy atom. The Kier molecular flexibility index (Phi) is 2.86. The maximum atomic E-state index is 9.24. The van der Waals surface area contributed by atoms with Crippen LogP contribution in [0.2, 0.25) is 5.02 Å². The zero-order chi connectivity index (χ0) is 13.2. The van der Waals surface area contributed by atoms with Gasteiger partial charge in [0.25, 0.3) is 0 Å². The summed E-state index contributed by atoms with van der Waals surface area (Å²) in [6.45, 7) is 0. The number of halogens is 1. The van der Waals surface area contributed by atoms with Crippen molar-refractivity contribution in [1.82, 2.24) is 9.97 Å². The van der Waals surface area contributed by atoms with Crippen LogP contribution in [0.15, 0.2) is 48.7 Å². The minimum atomic E-state index is 0.355. The van der Waals surface area contributed by atoms with Crippen LogP contribution in [0.3, 0.4) is 0 Å². The molecule has 1 aromatic carbocycles. The van der Waals surface area contributed by atoms with E-state index in [4.69, 9.17) is 11.6 Å². The Balaban J connectivity index is 2.31. The second-order valence-electron chi connectivity index (χ2n) is 4.05. The third-order valence-electron chi connectivity index (χ3n) is 2.83. The number of rotatable bonds is 1. The average Bonchev–Trinajstić information content (AvgIpc) is 2.46. The van der Waals surface area contributed by atoms with Crippen LogP contribution in [-0.4, -0.2) is 9.97 Å².